The molecule has 118 valence electrons. The molecule has 0 amide bonds. The van der Waals surface area contributed by atoms with Gasteiger partial charge in [0.1, 0.15) is 5.60 Å². The molecule has 1 aromatic rings. The lowest BCUT2D eigenvalue weighted by Crippen LogP contribution is -2.29. The van der Waals surface area contributed by atoms with Crippen LogP contribution in [0, 0.1) is 0 Å². The van der Waals surface area contributed by atoms with E-state index in [1.807, 2.05) is 19.9 Å². The molecule has 0 aliphatic heterocycles. The molecule has 0 aliphatic carbocycles. The fourth-order valence-corrected chi connectivity index (χ4v) is 2.25. The van der Waals surface area contributed by atoms with Gasteiger partial charge >= 0.3 is 5.97 Å². The molecule has 0 fully saturated rings. The average molecular weight is 282 g/mol. The molecule has 0 aliphatic rings. The Balaban J connectivity index is -0.000000963. The van der Waals surface area contributed by atoms with Crippen molar-refractivity contribution in [3.8, 4) is 0 Å². The topological polar surface area (TPSA) is 26.3 Å². The Hall–Kier alpha value is -1.31. The van der Waals surface area contributed by atoms with Crippen LogP contribution in [0.15, 0.2) is 30.3 Å². The molecule has 0 bridgehead atoms. The van der Waals surface area contributed by atoms with Crippen molar-refractivity contribution < 1.29 is 9.53 Å². The number of rotatable bonds is 5. The lowest BCUT2D eigenvalue weighted by molar-refractivity contribution is -0.154. The summed E-state index contributed by atoms with van der Waals surface area (Å²) in [5.41, 5.74) is 0.915. The lowest BCUT2D eigenvalue weighted by atomic mass is 9.86. The fourth-order valence-electron chi connectivity index (χ4n) is 2.25. The molecule has 0 saturated heterocycles. The molecule has 0 aromatic heterocycles. The third-order valence-electron chi connectivity index (χ3n) is 2.92. The van der Waals surface area contributed by atoms with Crippen molar-refractivity contribution in [2.75, 3.05) is 0 Å². The van der Waals surface area contributed by atoms with Crippen LogP contribution in [0.25, 0.3) is 0 Å². The smallest absolute Gasteiger partial charge is 0.303 e. The van der Waals surface area contributed by atoms with Crippen LogP contribution < -0.4 is 0 Å². The summed E-state index contributed by atoms with van der Waals surface area (Å²) in [6, 6.07) is 10.4. The zero-order chi connectivity index (χ0) is 12.9. The molecule has 1 unspecified atom stereocenters. The van der Waals surface area contributed by atoms with Crippen LogP contribution in [0.5, 0.6) is 0 Å². The summed E-state index contributed by atoms with van der Waals surface area (Å²) >= 11 is 0. The number of carbonyl (C=O) groups excluding carboxylic acids is 1. The molecular weight excluding hydrogens is 248 g/mol. The third kappa shape index (κ3) is 7.98. The quantitative estimate of drug-likeness (QED) is 0.636. The highest BCUT2D eigenvalue weighted by Crippen LogP contribution is 2.30. The van der Waals surface area contributed by atoms with Crippen molar-refractivity contribution in [3.63, 3.8) is 0 Å². The Kier molecular flexibility index (Phi) is 12.4. The second-order valence-corrected chi connectivity index (χ2v) is 5.07. The maximum Gasteiger partial charge on any atom is 0.303 e. The monoisotopic (exact) mass is 282 g/mol. The first-order valence-corrected chi connectivity index (χ1v) is 6.19. The zero-order valence-corrected chi connectivity index (χ0v) is 11.2. The number of hydrogen-bond donors (Lipinski definition) is 0. The van der Waals surface area contributed by atoms with Gasteiger partial charge in [-0.25, -0.2) is 0 Å². The normalized spacial score (nSPS) is 11.2. The van der Waals surface area contributed by atoms with E-state index in [1.54, 1.807) is 0 Å². The maximum atomic E-state index is 11.0. The van der Waals surface area contributed by atoms with E-state index in [9.17, 15) is 4.79 Å². The minimum Gasteiger partial charge on any atom is -0.460 e. The van der Waals surface area contributed by atoms with Crippen molar-refractivity contribution in [2.24, 2.45) is 0 Å². The molecule has 0 heterocycles. The Morgan fingerprint density at radius 3 is 2.05 bits per heavy atom. The SMILES string of the molecule is C.C.C.CCC(CC(C)(C)OC(C)=O)c1ccccc1. The predicted molar refractivity (Wildman–Crippen MR) is 90.1 cm³/mol. The van der Waals surface area contributed by atoms with Crippen molar-refractivity contribution in [3.05, 3.63) is 35.9 Å². The van der Waals surface area contributed by atoms with E-state index in [1.165, 1.54) is 12.5 Å². The zero-order valence-electron chi connectivity index (χ0n) is 11.2. The first-order chi connectivity index (χ1) is 7.94. The van der Waals surface area contributed by atoms with Crippen molar-refractivity contribution in [1.29, 1.82) is 0 Å². The molecule has 1 aromatic carbocycles. The van der Waals surface area contributed by atoms with E-state index in [4.69, 9.17) is 4.74 Å². The number of esters is 1. The molecule has 1 atom stereocenters. The first-order valence-electron chi connectivity index (χ1n) is 6.19. The van der Waals surface area contributed by atoms with Crippen LogP contribution in [-0.4, -0.2) is 11.6 Å². The predicted octanol–water partition coefficient (Wildman–Crippen LogP) is 5.82. The number of ether oxygens (including phenoxy) is 1. The van der Waals surface area contributed by atoms with E-state index in [2.05, 4.69) is 31.2 Å². The Bertz CT molecular complexity index is 355. The van der Waals surface area contributed by atoms with Crippen molar-refractivity contribution in [2.45, 2.75) is 74.3 Å². The molecule has 20 heavy (non-hydrogen) atoms. The van der Waals surface area contributed by atoms with Gasteiger partial charge in [0.25, 0.3) is 0 Å². The van der Waals surface area contributed by atoms with Gasteiger partial charge in [-0.3, -0.25) is 4.79 Å². The molecular formula is C18H34O2. The summed E-state index contributed by atoms with van der Waals surface area (Å²) in [5, 5.41) is 0. The van der Waals surface area contributed by atoms with Crippen LogP contribution in [0.2, 0.25) is 0 Å². The van der Waals surface area contributed by atoms with Gasteiger partial charge in [-0.2, -0.15) is 0 Å². The Labute approximate surface area is 126 Å². The molecule has 0 spiro atoms. The molecule has 2 heteroatoms. The van der Waals surface area contributed by atoms with Crippen LogP contribution in [0.1, 0.15) is 74.3 Å². The molecule has 2 nitrogen and oxygen atoms in total. The lowest BCUT2D eigenvalue weighted by Gasteiger charge is -2.29. The first kappa shape index (κ1) is 23.8. The second-order valence-electron chi connectivity index (χ2n) is 5.07. The summed E-state index contributed by atoms with van der Waals surface area (Å²) < 4.78 is 5.35. The van der Waals surface area contributed by atoms with Crippen molar-refractivity contribution >= 4 is 5.97 Å². The summed E-state index contributed by atoms with van der Waals surface area (Å²) in [5.74, 6) is 0.225. The fraction of sp³-hybridized carbons (Fsp3) is 0.611. The van der Waals surface area contributed by atoms with Gasteiger partial charge in [0.15, 0.2) is 0 Å². The highest BCUT2D eigenvalue weighted by molar-refractivity contribution is 5.66. The van der Waals surface area contributed by atoms with Gasteiger partial charge in [-0.15, -0.1) is 0 Å². The summed E-state index contributed by atoms with van der Waals surface area (Å²) in [6.45, 7) is 7.58. The average Bonchev–Trinajstić information content (AvgIpc) is 2.25. The summed E-state index contributed by atoms with van der Waals surface area (Å²) in [6.07, 6.45) is 1.90. The molecule has 0 radical (unpaired) electrons. The third-order valence-corrected chi connectivity index (χ3v) is 2.92. The van der Waals surface area contributed by atoms with E-state index in [0.29, 0.717) is 5.92 Å². The van der Waals surface area contributed by atoms with Gasteiger partial charge in [0, 0.05) is 6.92 Å². The molecule has 1 rings (SSSR count). The van der Waals surface area contributed by atoms with Crippen molar-refractivity contribution in [1.82, 2.24) is 0 Å². The van der Waals surface area contributed by atoms with Gasteiger partial charge in [0.05, 0.1) is 0 Å². The summed E-state index contributed by atoms with van der Waals surface area (Å²) in [7, 11) is 0. The van der Waals surface area contributed by atoms with E-state index in [0.717, 1.165) is 12.8 Å². The Morgan fingerprint density at radius 1 is 1.15 bits per heavy atom. The standard InChI is InChI=1S/C15H22O2.3CH4/c1-5-13(14-9-7-6-8-10-14)11-15(3,4)17-12(2)16;;;/h6-10,13H,5,11H2,1-4H3;3*1H4. The number of hydrogen-bond acceptors (Lipinski definition) is 2. The highest BCUT2D eigenvalue weighted by atomic mass is 16.6. The highest BCUT2D eigenvalue weighted by Gasteiger charge is 2.26. The second kappa shape index (κ2) is 10.5. The van der Waals surface area contributed by atoms with E-state index < -0.39 is 5.60 Å². The van der Waals surface area contributed by atoms with Gasteiger partial charge in [-0.05, 0) is 38.2 Å². The van der Waals surface area contributed by atoms with Crippen LogP contribution in [0.4, 0.5) is 0 Å². The molecule has 0 N–H and O–H groups in total. The largest absolute Gasteiger partial charge is 0.460 e. The maximum absolute atomic E-state index is 11.0. The summed E-state index contributed by atoms with van der Waals surface area (Å²) in [4.78, 5) is 11.0. The van der Waals surface area contributed by atoms with Crippen LogP contribution in [0.3, 0.4) is 0 Å². The van der Waals surface area contributed by atoms with E-state index >= 15 is 0 Å². The van der Waals surface area contributed by atoms with Crippen LogP contribution >= 0.6 is 0 Å². The Morgan fingerprint density at radius 2 is 1.65 bits per heavy atom. The number of benzene rings is 1. The number of carbonyl (C=O) groups is 1. The minimum absolute atomic E-state index is 0. The van der Waals surface area contributed by atoms with Gasteiger partial charge in [-0.1, -0.05) is 59.5 Å². The minimum atomic E-state index is -0.400. The van der Waals surface area contributed by atoms with Gasteiger partial charge in [0.2, 0.25) is 0 Å². The molecule has 0 saturated carbocycles. The van der Waals surface area contributed by atoms with E-state index in [-0.39, 0.29) is 28.2 Å². The van der Waals surface area contributed by atoms with Crippen LogP contribution in [-0.2, 0) is 9.53 Å². The van der Waals surface area contributed by atoms with Gasteiger partial charge < -0.3 is 4.74 Å².